The number of fused-ring (bicyclic) bond motifs is 1. The number of rotatable bonds is 10. The normalized spacial score (nSPS) is 11.5. The summed E-state index contributed by atoms with van der Waals surface area (Å²) in [4.78, 5) is 0.0822. The van der Waals surface area contributed by atoms with Gasteiger partial charge in [-0.15, -0.1) is 15.3 Å². The molecule has 10 nitrogen and oxygen atoms in total. The number of hydrogen-bond acceptors (Lipinski definition) is 8. The smallest absolute Gasteiger partial charge is 0.244 e. The van der Waals surface area contributed by atoms with Crippen molar-refractivity contribution in [1.29, 1.82) is 0 Å². The average Bonchev–Trinajstić information content (AvgIpc) is 3.26. The summed E-state index contributed by atoms with van der Waals surface area (Å²) in [6.07, 6.45) is 0. The first kappa shape index (κ1) is 22.5. The Labute approximate surface area is 191 Å². The van der Waals surface area contributed by atoms with Crippen molar-refractivity contribution < 1.29 is 22.6 Å². The highest BCUT2D eigenvalue weighted by Gasteiger charge is 2.19. The summed E-state index contributed by atoms with van der Waals surface area (Å²) < 4.78 is 45.7. The lowest BCUT2D eigenvalue weighted by Crippen LogP contribution is -2.28. The molecule has 0 amide bonds. The van der Waals surface area contributed by atoms with Gasteiger partial charge in [-0.2, -0.15) is 4.52 Å². The highest BCUT2D eigenvalue weighted by molar-refractivity contribution is 7.89. The molecular weight excluding hydrogens is 446 g/mol. The van der Waals surface area contributed by atoms with Gasteiger partial charge in [0.1, 0.15) is 23.0 Å². The van der Waals surface area contributed by atoms with Crippen molar-refractivity contribution in [2.24, 2.45) is 0 Å². The summed E-state index contributed by atoms with van der Waals surface area (Å²) in [5.74, 6) is 1.83. The molecule has 2 heterocycles. The van der Waals surface area contributed by atoms with Gasteiger partial charge in [-0.05, 0) is 37.3 Å². The second kappa shape index (κ2) is 9.84. The first-order valence-corrected chi connectivity index (χ1v) is 11.7. The van der Waals surface area contributed by atoms with E-state index in [0.29, 0.717) is 35.5 Å². The van der Waals surface area contributed by atoms with Crippen LogP contribution in [-0.4, -0.2) is 55.1 Å². The van der Waals surface area contributed by atoms with Crippen molar-refractivity contribution >= 4 is 15.7 Å². The van der Waals surface area contributed by atoms with E-state index in [9.17, 15) is 8.42 Å². The molecule has 172 valence electrons. The zero-order valence-corrected chi connectivity index (χ0v) is 18.9. The molecule has 11 heteroatoms. The maximum atomic E-state index is 12.6. The lowest BCUT2D eigenvalue weighted by Gasteiger charge is -2.12. The van der Waals surface area contributed by atoms with Crippen LogP contribution in [0, 0.1) is 0 Å². The Morgan fingerprint density at radius 3 is 2.67 bits per heavy atom. The van der Waals surface area contributed by atoms with Crippen molar-refractivity contribution in [2.45, 2.75) is 11.8 Å². The summed E-state index contributed by atoms with van der Waals surface area (Å²) in [6, 6.07) is 17.3. The standard InChI is InChI=1S/C22H23N5O5S/c1-3-31-18-9-4-5-10-19(18)33(28,29)23-13-14-32-21-12-11-20-24-25-22(27(20)26-21)16-7-6-8-17(15-16)30-2/h4-12,15,23H,3,13-14H2,1-2H3. The minimum atomic E-state index is -3.76. The summed E-state index contributed by atoms with van der Waals surface area (Å²) in [6.45, 7) is 2.28. The van der Waals surface area contributed by atoms with Gasteiger partial charge in [0, 0.05) is 18.2 Å². The van der Waals surface area contributed by atoms with E-state index in [0.717, 1.165) is 5.56 Å². The highest BCUT2D eigenvalue weighted by atomic mass is 32.2. The van der Waals surface area contributed by atoms with E-state index in [1.54, 1.807) is 48.9 Å². The molecule has 4 rings (SSSR count). The molecule has 0 atom stereocenters. The molecule has 0 bridgehead atoms. The first-order valence-electron chi connectivity index (χ1n) is 10.2. The third-order valence-corrected chi connectivity index (χ3v) is 6.15. The molecule has 0 radical (unpaired) electrons. The predicted octanol–water partition coefficient (Wildman–Crippen LogP) is 2.56. The predicted molar refractivity (Wildman–Crippen MR) is 121 cm³/mol. The zero-order valence-electron chi connectivity index (χ0n) is 18.1. The van der Waals surface area contributed by atoms with Crippen molar-refractivity contribution in [3.63, 3.8) is 0 Å². The van der Waals surface area contributed by atoms with Crippen LogP contribution in [-0.2, 0) is 10.0 Å². The largest absolute Gasteiger partial charge is 0.497 e. The fraction of sp³-hybridized carbons (Fsp3) is 0.227. The molecule has 0 aliphatic rings. The minimum Gasteiger partial charge on any atom is -0.497 e. The van der Waals surface area contributed by atoms with Crippen LogP contribution in [0.1, 0.15) is 6.92 Å². The number of benzene rings is 2. The topological polar surface area (TPSA) is 117 Å². The number of para-hydroxylation sites is 1. The number of nitrogens with zero attached hydrogens (tertiary/aromatic N) is 4. The molecule has 0 saturated carbocycles. The molecule has 0 unspecified atom stereocenters. The van der Waals surface area contributed by atoms with Crippen molar-refractivity contribution in [1.82, 2.24) is 24.5 Å². The number of methoxy groups -OCH3 is 1. The molecule has 4 aromatic rings. The SMILES string of the molecule is CCOc1ccccc1S(=O)(=O)NCCOc1ccc2nnc(-c3cccc(OC)c3)n2n1. The molecule has 0 spiro atoms. The first-order chi connectivity index (χ1) is 16.0. The number of aromatic nitrogens is 4. The van der Waals surface area contributed by atoms with Crippen LogP contribution in [0.25, 0.3) is 17.0 Å². The van der Waals surface area contributed by atoms with E-state index in [1.807, 2.05) is 24.3 Å². The molecule has 0 saturated heterocycles. The van der Waals surface area contributed by atoms with Gasteiger partial charge < -0.3 is 14.2 Å². The monoisotopic (exact) mass is 469 g/mol. The Kier molecular flexibility index (Phi) is 6.71. The van der Waals surface area contributed by atoms with E-state index in [2.05, 4.69) is 20.0 Å². The fourth-order valence-electron chi connectivity index (χ4n) is 3.15. The van der Waals surface area contributed by atoms with Crippen LogP contribution in [0.5, 0.6) is 17.4 Å². The van der Waals surface area contributed by atoms with E-state index in [1.165, 1.54) is 6.07 Å². The zero-order chi connectivity index (χ0) is 23.3. The summed E-state index contributed by atoms with van der Waals surface area (Å²) in [5, 5.41) is 12.8. The maximum absolute atomic E-state index is 12.6. The molecule has 2 aromatic carbocycles. The molecule has 33 heavy (non-hydrogen) atoms. The second-order valence-electron chi connectivity index (χ2n) is 6.82. The Balaban J connectivity index is 1.44. The Hall–Kier alpha value is -3.70. The highest BCUT2D eigenvalue weighted by Crippen LogP contribution is 2.24. The Morgan fingerprint density at radius 1 is 1.00 bits per heavy atom. The summed E-state index contributed by atoms with van der Waals surface area (Å²) in [7, 11) is -2.16. The lowest BCUT2D eigenvalue weighted by molar-refractivity contribution is 0.305. The molecule has 0 aliphatic carbocycles. The van der Waals surface area contributed by atoms with Crippen molar-refractivity contribution in [3.05, 3.63) is 60.7 Å². The number of hydrogen-bond donors (Lipinski definition) is 1. The van der Waals surface area contributed by atoms with Crippen LogP contribution in [0.3, 0.4) is 0 Å². The Morgan fingerprint density at radius 2 is 1.85 bits per heavy atom. The van der Waals surface area contributed by atoms with Gasteiger partial charge in [0.2, 0.25) is 15.9 Å². The van der Waals surface area contributed by atoms with E-state index >= 15 is 0 Å². The van der Waals surface area contributed by atoms with E-state index in [-0.39, 0.29) is 18.0 Å². The van der Waals surface area contributed by atoms with E-state index < -0.39 is 10.0 Å². The molecule has 0 aliphatic heterocycles. The quantitative estimate of drug-likeness (QED) is 0.352. The summed E-state index contributed by atoms with van der Waals surface area (Å²) in [5.41, 5.74) is 1.33. The van der Waals surface area contributed by atoms with Crippen molar-refractivity contribution in [3.8, 4) is 28.8 Å². The third-order valence-electron chi connectivity index (χ3n) is 4.65. The Bertz CT molecular complexity index is 1360. The van der Waals surface area contributed by atoms with Crippen LogP contribution >= 0.6 is 0 Å². The van der Waals surface area contributed by atoms with Gasteiger partial charge in [0.15, 0.2) is 11.5 Å². The maximum Gasteiger partial charge on any atom is 0.244 e. The van der Waals surface area contributed by atoms with Crippen molar-refractivity contribution in [2.75, 3.05) is 26.9 Å². The van der Waals surface area contributed by atoms with Gasteiger partial charge in [-0.3, -0.25) is 0 Å². The lowest BCUT2D eigenvalue weighted by atomic mass is 10.2. The van der Waals surface area contributed by atoms with Gasteiger partial charge in [0.05, 0.1) is 13.7 Å². The van der Waals surface area contributed by atoms with Gasteiger partial charge >= 0.3 is 0 Å². The summed E-state index contributed by atoms with van der Waals surface area (Å²) >= 11 is 0. The average molecular weight is 470 g/mol. The molecule has 1 N–H and O–H groups in total. The van der Waals surface area contributed by atoms with Crippen LogP contribution in [0.4, 0.5) is 0 Å². The molecular formula is C22H23N5O5S. The van der Waals surface area contributed by atoms with Gasteiger partial charge in [-0.1, -0.05) is 24.3 Å². The second-order valence-corrected chi connectivity index (χ2v) is 8.56. The minimum absolute atomic E-state index is 0.0490. The van der Waals surface area contributed by atoms with Crippen LogP contribution in [0.15, 0.2) is 65.6 Å². The third kappa shape index (κ3) is 5.04. The number of sulfonamides is 1. The number of ether oxygens (including phenoxy) is 3. The molecule has 0 fully saturated rings. The van der Waals surface area contributed by atoms with Gasteiger partial charge in [0.25, 0.3) is 0 Å². The molecule has 2 aromatic heterocycles. The fourth-order valence-corrected chi connectivity index (χ4v) is 4.30. The van der Waals surface area contributed by atoms with Crippen LogP contribution in [0.2, 0.25) is 0 Å². The van der Waals surface area contributed by atoms with Gasteiger partial charge in [-0.25, -0.2) is 13.1 Å². The number of nitrogens with one attached hydrogen (secondary N) is 1. The van der Waals surface area contributed by atoms with E-state index in [4.69, 9.17) is 14.2 Å². The van der Waals surface area contributed by atoms with Crippen LogP contribution < -0.4 is 18.9 Å².